The SMILES string of the molecule is BrCCCCCN1CCN(c2nccs2)CC1. The molecule has 0 saturated carbocycles. The van der Waals surface area contributed by atoms with Crippen LogP contribution in [0.4, 0.5) is 5.13 Å². The molecule has 0 radical (unpaired) electrons. The third-order valence-corrected chi connectivity index (χ3v) is 4.56. The molecule has 1 aliphatic heterocycles. The number of rotatable bonds is 6. The van der Waals surface area contributed by atoms with Crippen molar-refractivity contribution in [2.45, 2.75) is 19.3 Å². The van der Waals surface area contributed by atoms with Gasteiger partial charge in [-0.2, -0.15) is 0 Å². The number of unbranched alkanes of at least 4 members (excludes halogenated alkanes) is 2. The predicted octanol–water partition coefficient (Wildman–Crippen LogP) is 2.83. The summed E-state index contributed by atoms with van der Waals surface area (Å²) in [7, 11) is 0. The summed E-state index contributed by atoms with van der Waals surface area (Å²) in [6.45, 7) is 5.90. The highest BCUT2D eigenvalue weighted by Crippen LogP contribution is 2.18. The Morgan fingerprint density at radius 3 is 2.65 bits per heavy atom. The van der Waals surface area contributed by atoms with Crippen LogP contribution in [-0.2, 0) is 0 Å². The molecule has 0 atom stereocenters. The predicted molar refractivity (Wildman–Crippen MR) is 78.4 cm³/mol. The minimum atomic E-state index is 1.13. The first-order valence-corrected chi connectivity index (χ1v) is 8.33. The van der Waals surface area contributed by atoms with E-state index in [2.05, 4.69) is 36.1 Å². The van der Waals surface area contributed by atoms with Gasteiger partial charge in [0.05, 0.1) is 0 Å². The highest BCUT2D eigenvalue weighted by Gasteiger charge is 2.17. The van der Waals surface area contributed by atoms with Gasteiger partial charge in [0.25, 0.3) is 0 Å². The molecule has 0 bridgehead atoms. The summed E-state index contributed by atoms with van der Waals surface area (Å²) in [5.74, 6) is 0. The van der Waals surface area contributed by atoms with Crippen LogP contribution in [0.2, 0.25) is 0 Å². The first kappa shape index (κ1) is 13.3. The molecule has 0 unspecified atom stereocenters. The zero-order chi connectivity index (χ0) is 11.9. The highest BCUT2D eigenvalue weighted by atomic mass is 79.9. The summed E-state index contributed by atoms with van der Waals surface area (Å²) in [5, 5.41) is 4.39. The number of nitrogens with zero attached hydrogens (tertiary/aromatic N) is 3. The topological polar surface area (TPSA) is 19.4 Å². The van der Waals surface area contributed by atoms with E-state index < -0.39 is 0 Å². The maximum Gasteiger partial charge on any atom is 0.185 e. The summed E-state index contributed by atoms with van der Waals surface area (Å²) >= 11 is 5.23. The third kappa shape index (κ3) is 4.23. The van der Waals surface area contributed by atoms with Crippen LogP contribution in [0.1, 0.15) is 19.3 Å². The van der Waals surface area contributed by atoms with Crippen molar-refractivity contribution in [1.29, 1.82) is 0 Å². The van der Waals surface area contributed by atoms with Gasteiger partial charge in [0.2, 0.25) is 0 Å². The fourth-order valence-electron chi connectivity index (χ4n) is 2.14. The number of anilines is 1. The number of aromatic nitrogens is 1. The molecule has 0 N–H and O–H groups in total. The van der Waals surface area contributed by atoms with Crippen LogP contribution in [-0.4, -0.2) is 47.9 Å². The van der Waals surface area contributed by atoms with E-state index in [4.69, 9.17) is 0 Å². The molecule has 1 fully saturated rings. The molecule has 5 heteroatoms. The Kier molecular flexibility index (Phi) is 5.74. The first-order valence-electron chi connectivity index (χ1n) is 6.33. The number of thiazole rings is 1. The Hall–Kier alpha value is -0.130. The lowest BCUT2D eigenvalue weighted by Gasteiger charge is -2.34. The number of hydrogen-bond donors (Lipinski definition) is 0. The standard InChI is InChI=1S/C12H20BrN3S/c13-4-2-1-3-6-15-7-9-16(10-8-15)12-14-5-11-17-12/h5,11H,1-4,6-10H2. The number of piperazine rings is 1. The Morgan fingerprint density at radius 1 is 1.18 bits per heavy atom. The first-order chi connectivity index (χ1) is 8.40. The second-order valence-electron chi connectivity index (χ2n) is 4.39. The van der Waals surface area contributed by atoms with Crippen molar-refractivity contribution in [2.24, 2.45) is 0 Å². The average Bonchev–Trinajstić information content (AvgIpc) is 2.89. The van der Waals surface area contributed by atoms with Crippen molar-refractivity contribution >= 4 is 32.4 Å². The molecular formula is C12H20BrN3S. The van der Waals surface area contributed by atoms with E-state index in [1.807, 2.05) is 6.20 Å². The van der Waals surface area contributed by atoms with E-state index in [0.717, 1.165) is 18.4 Å². The third-order valence-electron chi connectivity index (χ3n) is 3.17. The van der Waals surface area contributed by atoms with E-state index in [0.29, 0.717) is 0 Å². The second-order valence-corrected chi connectivity index (χ2v) is 6.06. The van der Waals surface area contributed by atoms with Crippen LogP contribution in [0.25, 0.3) is 0 Å². The minimum Gasteiger partial charge on any atom is -0.346 e. The van der Waals surface area contributed by atoms with Gasteiger partial charge in [0, 0.05) is 43.1 Å². The Labute approximate surface area is 116 Å². The number of alkyl halides is 1. The molecule has 0 amide bonds. The van der Waals surface area contributed by atoms with Crippen molar-refractivity contribution in [2.75, 3.05) is 43.0 Å². The van der Waals surface area contributed by atoms with Crippen molar-refractivity contribution in [3.05, 3.63) is 11.6 Å². The quantitative estimate of drug-likeness (QED) is 0.594. The maximum absolute atomic E-state index is 4.37. The van der Waals surface area contributed by atoms with E-state index in [1.54, 1.807) is 11.3 Å². The normalized spacial score (nSPS) is 17.6. The Bertz CT molecular complexity index is 297. The van der Waals surface area contributed by atoms with E-state index >= 15 is 0 Å². The van der Waals surface area contributed by atoms with E-state index in [-0.39, 0.29) is 0 Å². The van der Waals surface area contributed by atoms with Gasteiger partial charge in [0.1, 0.15) is 0 Å². The van der Waals surface area contributed by atoms with Crippen LogP contribution in [0, 0.1) is 0 Å². The summed E-state index contributed by atoms with van der Waals surface area (Å²) < 4.78 is 0. The molecular weight excluding hydrogens is 298 g/mol. The average molecular weight is 318 g/mol. The lowest BCUT2D eigenvalue weighted by Crippen LogP contribution is -2.46. The monoisotopic (exact) mass is 317 g/mol. The zero-order valence-electron chi connectivity index (χ0n) is 10.1. The fraction of sp³-hybridized carbons (Fsp3) is 0.750. The molecule has 0 aromatic carbocycles. The van der Waals surface area contributed by atoms with Gasteiger partial charge in [-0.25, -0.2) is 4.98 Å². The molecule has 0 aliphatic carbocycles. The van der Waals surface area contributed by atoms with Gasteiger partial charge < -0.3 is 4.90 Å². The molecule has 0 spiro atoms. The maximum atomic E-state index is 4.37. The smallest absolute Gasteiger partial charge is 0.185 e. The lowest BCUT2D eigenvalue weighted by atomic mass is 10.2. The van der Waals surface area contributed by atoms with Gasteiger partial charge in [-0.15, -0.1) is 11.3 Å². The van der Waals surface area contributed by atoms with Crippen LogP contribution in [0.3, 0.4) is 0 Å². The molecule has 3 nitrogen and oxygen atoms in total. The molecule has 1 aromatic heterocycles. The van der Waals surface area contributed by atoms with Crippen LogP contribution in [0.5, 0.6) is 0 Å². The summed E-state index contributed by atoms with van der Waals surface area (Å²) in [5.41, 5.74) is 0. The van der Waals surface area contributed by atoms with Crippen molar-refractivity contribution in [3.63, 3.8) is 0 Å². The number of hydrogen-bond acceptors (Lipinski definition) is 4. The Balaban J connectivity index is 1.64. The molecule has 1 saturated heterocycles. The highest BCUT2D eigenvalue weighted by molar-refractivity contribution is 9.09. The van der Waals surface area contributed by atoms with Gasteiger partial charge >= 0.3 is 0 Å². The fourth-order valence-corrected chi connectivity index (χ4v) is 3.23. The number of halogens is 1. The molecule has 1 aliphatic rings. The van der Waals surface area contributed by atoms with Crippen LogP contribution >= 0.6 is 27.3 Å². The van der Waals surface area contributed by atoms with Gasteiger partial charge in [0.15, 0.2) is 5.13 Å². The summed E-state index contributed by atoms with van der Waals surface area (Å²) in [4.78, 5) is 9.36. The van der Waals surface area contributed by atoms with Gasteiger partial charge in [-0.3, -0.25) is 4.90 Å². The molecule has 17 heavy (non-hydrogen) atoms. The van der Waals surface area contributed by atoms with Gasteiger partial charge in [-0.1, -0.05) is 22.4 Å². The lowest BCUT2D eigenvalue weighted by molar-refractivity contribution is 0.253. The van der Waals surface area contributed by atoms with Crippen LogP contribution < -0.4 is 4.90 Å². The minimum absolute atomic E-state index is 1.13. The second kappa shape index (κ2) is 7.34. The summed E-state index contributed by atoms with van der Waals surface area (Å²) in [6, 6.07) is 0. The van der Waals surface area contributed by atoms with Crippen molar-refractivity contribution in [1.82, 2.24) is 9.88 Å². The van der Waals surface area contributed by atoms with Crippen LogP contribution in [0.15, 0.2) is 11.6 Å². The molecule has 1 aromatic rings. The van der Waals surface area contributed by atoms with Crippen molar-refractivity contribution < 1.29 is 0 Å². The largest absolute Gasteiger partial charge is 0.346 e. The molecule has 2 heterocycles. The Morgan fingerprint density at radius 2 is 2.00 bits per heavy atom. The summed E-state index contributed by atoms with van der Waals surface area (Å²) in [6.07, 6.45) is 5.88. The molecule has 96 valence electrons. The van der Waals surface area contributed by atoms with E-state index in [9.17, 15) is 0 Å². The zero-order valence-corrected chi connectivity index (χ0v) is 12.5. The van der Waals surface area contributed by atoms with E-state index in [1.165, 1.54) is 44.0 Å². The van der Waals surface area contributed by atoms with Gasteiger partial charge in [-0.05, 0) is 19.4 Å². The van der Waals surface area contributed by atoms with Crippen molar-refractivity contribution in [3.8, 4) is 0 Å². The molecule has 2 rings (SSSR count).